The normalized spacial score (nSPS) is 11.4. The first-order valence-electron chi connectivity index (χ1n) is 6.59. The van der Waals surface area contributed by atoms with Gasteiger partial charge in [-0.25, -0.2) is 4.79 Å². The molecule has 1 rings (SSSR count). The Morgan fingerprint density at radius 3 is 2.67 bits per heavy atom. The van der Waals surface area contributed by atoms with Crippen LogP contribution in [0.4, 0.5) is 0 Å². The van der Waals surface area contributed by atoms with Crippen LogP contribution in [-0.2, 0) is 6.54 Å². The van der Waals surface area contributed by atoms with Crippen LogP contribution in [0.3, 0.4) is 0 Å². The third kappa shape index (κ3) is 4.53. The van der Waals surface area contributed by atoms with Gasteiger partial charge in [-0.3, -0.25) is 4.90 Å². The zero-order chi connectivity index (χ0) is 13.5. The zero-order valence-electron chi connectivity index (χ0n) is 11.5. The predicted octanol–water partition coefficient (Wildman–Crippen LogP) is 3.38. The Labute approximate surface area is 109 Å². The minimum atomic E-state index is -0.938. The summed E-state index contributed by atoms with van der Waals surface area (Å²) in [6.07, 6.45) is 4.90. The number of hydrogen-bond donors (Lipinski definition) is 1. The van der Waals surface area contributed by atoms with Gasteiger partial charge in [0.05, 0.1) is 12.1 Å². The van der Waals surface area contributed by atoms with E-state index < -0.39 is 5.97 Å². The van der Waals surface area contributed by atoms with Crippen molar-refractivity contribution < 1.29 is 14.3 Å². The van der Waals surface area contributed by atoms with E-state index in [9.17, 15) is 4.79 Å². The summed E-state index contributed by atoms with van der Waals surface area (Å²) in [6.45, 7) is 8.18. The van der Waals surface area contributed by atoms with Crippen LogP contribution in [0.15, 0.2) is 16.7 Å². The maximum Gasteiger partial charge on any atom is 0.338 e. The van der Waals surface area contributed by atoms with Gasteiger partial charge in [0.25, 0.3) is 0 Å². The Morgan fingerprint density at radius 2 is 2.17 bits per heavy atom. The van der Waals surface area contributed by atoms with E-state index in [1.807, 2.05) is 0 Å². The van der Waals surface area contributed by atoms with Crippen molar-refractivity contribution in [2.75, 3.05) is 6.54 Å². The lowest BCUT2D eigenvalue weighted by Gasteiger charge is -2.25. The summed E-state index contributed by atoms with van der Waals surface area (Å²) in [4.78, 5) is 13.1. The van der Waals surface area contributed by atoms with Crippen molar-refractivity contribution in [2.45, 2.75) is 52.6 Å². The van der Waals surface area contributed by atoms with Crippen molar-refractivity contribution in [3.05, 3.63) is 23.7 Å². The number of carboxylic acid groups (broad SMARTS) is 1. The first-order chi connectivity index (χ1) is 8.54. The first kappa shape index (κ1) is 14.8. The molecule has 0 aliphatic rings. The van der Waals surface area contributed by atoms with Crippen LogP contribution in [0.25, 0.3) is 0 Å². The van der Waals surface area contributed by atoms with Crippen LogP contribution < -0.4 is 0 Å². The van der Waals surface area contributed by atoms with Crippen molar-refractivity contribution in [3.8, 4) is 0 Å². The average Bonchev–Trinajstić information content (AvgIpc) is 2.76. The van der Waals surface area contributed by atoms with Gasteiger partial charge < -0.3 is 9.52 Å². The second kappa shape index (κ2) is 7.21. The molecule has 0 atom stereocenters. The second-order valence-corrected chi connectivity index (χ2v) is 4.88. The Hall–Kier alpha value is -1.29. The SMILES string of the molecule is CCCCCN(Cc1cc(C(=O)O)co1)C(C)C. The molecule has 0 fully saturated rings. The fourth-order valence-corrected chi connectivity index (χ4v) is 1.86. The van der Waals surface area contributed by atoms with Crippen molar-refractivity contribution in [1.29, 1.82) is 0 Å². The number of aromatic carboxylic acids is 1. The van der Waals surface area contributed by atoms with Crippen molar-refractivity contribution in [2.24, 2.45) is 0 Å². The summed E-state index contributed by atoms with van der Waals surface area (Å²) in [5, 5.41) is 8.84. The van der Waals surface area contributed by atoms with Gasteiger partial charge in [-0.1, -0.05) is 19.8 Å². The first-order valence-corrected chi connectivity index (χ1v) is 6.59. The fraction of sp³-hybridized carbons (Fsp3) is 0.643. The van der Waals surface area contributed by atoms with E-state index in [2.05, 4.69) is 25.7 Å². The summed E-state index contributed by atoms with van der Waals surface area (Å²) in [5.74, 6) is -0.218. The molecule has 1 aromatic rings. The van der Waals surface area contributed by atoms with E-state index >= 15 is 0 Å². The summed E-state index contributed by atoms with van der Waals surface area (Å²) in [7, 11) is 0. The van der Waals surface area contributed by atoms with Crippen molar-refractivity contribution >= 4 is 5.97 Å². The summed E-state index contributed by atoms with van der Waals surface area (Å²) in [6, 6.07) is 2.04. The molecule has 0 aliphatic heterocycles. The molecule has 0 unspecified atom stereocenters. The van der Waals surface area contributed by atoms with Gasteiger partial charge in [0.15, 0.2) is 0 Å². The molecule has 1 N–H and O–H groups in total. The molecule has 1 heterocycles. The smallest absolute Gasteiger partial charge is 0.338 e. The van der Waals surface area contributed by atoms with Crippen molar-refractivity contribution in [3.63, 3.8) is 0 Å². The molecule has 0 amide bonds. The summed E-state index contributed by atoms with van der Waals surface area (Å²) < 4.78 is 5.29. The van der Waals surface area contributed by atoms with Gasteiger partial charge >= 0.3 is 5.97 Å². The lowest BCUT2D eigenvalue weighted by Crippen LogP contribution is -2.31. The quantitative estimate of drug-likeness (QED) is 0.722. The van der Waals surface area contributed by atoms with Crippen molar-refractivity contribution in [1.82, 2.24) is 4.90 Å². The lowest BCUT2D eigenvalue weighted by atomic mass is 10.2. The van der Waals surface area contributed by atoms with Gasteiger partial charge in [0, 0.05) is 6.04 Å². The van der Waals surface area contributed by atoms with E-state index in [0.717, 1.165) is 12.3 Å². The minimum Gasteiger partial charge on any atom is -0.478 e. The van der Waals surface area contributed by atoms with Crippen LogP contribution in [0, 0.1) is 0 Å². The van der Waals surface area contributed by atoms with Gasteiger partial charge in [-0.15, -0.1) is 0 Å². The largest absolute Gasteiger partial charge is 0.478 e. The molecular weight excluding hydrogens is 230 g/mol. The fourth-order valence-electron chi connectivity index (χ4n) is 1.86. The molecular formula is C14H23NO3. The Bertz CT molecular complexity index is 371. The molecule has 1 aromatic heterocycles. The van der Waals surface area contributed by atoms with Crippen LogP contribution in [0.2, 0.25) is 0 Å². The molecule has 0 aromatic carbocycles. The number of unbranched alkanes of at least 4 members (excludes halogenated alkanes) is 2. The number of furan rings is 1. The lowest BCUT2D eigenvalue weighted by molar-refractivity contribution is 0.0696. The van der Waals surface area contributed by atoms with E-state index in [0.29, 0.717) is 12.6 Å². The second-order valence-electron chi connectivity index (χ2n) is 4.88. The Morgan fingerprint density at radius 1 is 1.44 bits per heavy atom. The third-order valence-electron chi connectivity index (χ3n) is 3.04. The average molecular weight is 253 g/mol. The molecule has 102 valence electrons. The van der Waals surface area contributed by atoms with E-state index in [1.165, 1.54) is 25.5 Å². The number of nitrogens with zero attached hydrogens (tertiary/aromatic N) is 1. The van der Waals surface area contributed by atoms with Crippen LogP contribution in [-0.4, -0.2) is 28.6 Å². The number of hydrogen-bond acceptors (Lipinski definition) is 3. The van der Waals surface area contributed by atoms with E-state index in [4.69, 9.17) is 9.52 Å². The zero-order valence-corrected chi connectivity index (χ0v) is 11.5. The molecule has 0 bridgehead atoms. The highest BCUT2D eigenvalue weighted by atomic mass is 16.4. The molecule has 0 spiro atoms. The predicted molar refractivity (Wildman–Crippen MR) is 70.7 cm³/mol. The van der Waals surface area contributed by atoms with Gasteiger partial charge in [-0.05, 0) is 32.9 Å². The molecule has 0 radical (unpaired) electrons. The third-order valence-corrected chi connectivity index (χ3v) is 3.04. The molecule has 4 nitrogen and oxygen atoms in total. The van der Waals surface area contributed by atoms with Crippen LogP contribution in [0.5, 0.6) is 0 Å². The Kier molecular flexibility index (Phi) is 5.92. The van der Waals surface area contributed by atoms with Gasteiger partial charge in [0.2, 0.25) is 0 Å². The highest BCUT2D eigenvalue weighted by molar-refractivity contribution is 5.87. The maximum absolute atomic E-state index is 10.8. The monoisotopic (exact) mass is 253 g/mol. The number of rotatable bonds is 8. The summed E-state index contributed by atoms with van der Waals surface area (Å²) in [5.41, 5.74) is 0.224. The van der Waals surface area contributed by atoms with Crippen LogP contribution in [0.1, 0.15) is 56.2 Å². The standard InChI is InChI=1S/C14H23NO3/c1-4-5-6-7-15(11(2)3)9-13-8-12(10-18-13)14(16)17/h8,10-11H,4-7,9H2,1-3H3,(H,16,17). The molecule has 4 heteroatoms. The van der Waals surface area contributed by atoms with E-state index in [1.54, 1.807) is 6.07 Å². The molecule has 18 heavy (non-hydrogen) atoms. The van der Waals surface area contributed by atoms with Crippen LogP contribution >= 0.6 is 0 Å². The minimum absolute atomic E-state index is 0.224. The number of carbonyl (C=O) groups is 1. The number of carboxylic acids is 1. The Balaban J connectivity index is 2.56. The topological polar surface area (TPSA) is 53.7 Å². The summed E-state index contributed by atoms with van der Waals surface area (Å²) >= 11 is 0. The van der Waals surface area contributed by atoms with Gasteiger partial charge in [-0.2, -0.15) is 0 Å². The highest BCUT2D eigenvalue weighted by Gasteiger charge is 2.14. The maximum atomic E-state index is 10.8. The van der Waals surface area contributed by atoms with Gasteiger partial charge in [0.1, 0.15) is 12.0 Å². The highest BCUT2D eigenvalue weighted by Crippen LogP contribution is 2.13. The molecule has 0 aliphatic carbocycles. The molecule has 0 saturated heterocycles. The molecule has 0 saturated carbocycles. The van der Waals surface area contributed by atoms with E-state index in [-0.39, 0.29) is 5.56 Å².